The van der Waals surface area contributed by atoms with Crippen molar-refractivity contribution in [3.63, 3.8) is 0 Å². The average Bonchev–Trinajstić information content (AvgIpc) is 2.42. The maximum absolute atomic E-state index is 13.5. The molecule has 0 amide bonds. The molecule has 1 aromatic heterocycles. The fourth-order valence-electron chi connectivity index (χ4n) is 1.85. The zero-order chi connectivity index (χ0) is 15.6. The molecule has 0 radical (unpaired) electrons. The summed E-state index contributed by atoms with van der Waals surface area (Å²) >= 11 is 0. The monoisotopic (exact) mass is 291 g/mol. The smallest absolute Gasteiger partial charge is 0.332 e. The van der Waals surface area contributed by atoms with Crippen molar-refractivity contribution >= 4 is 23.1 Å². The molecule has 0 spiro atoms. The van der Waals surface area contributed by atoms with Gasteiger partial charge in [-0.25, -0.2) is 9.37 Å². The second kappa shape index (κ2) is 5.70. The van der Waals surface area contributed by atoms with Crippen LogP contribution in [0.2, 0.25) is 0 Å². The number of nitro groups is 1. The molecule has 7 nitrogen and oxygen atoms in total. The molecule has 2 aromatic rings. The minimum absolute atomic E-state index is 0.0190. The van der Waals surface area contributed by atoms with Crippen molar-refractivity contribution in [3.8, 4) is 0 Å². The Labute approximate surface area is 120 Å². The molecule has 0 aliphatic rings. The van der Waals surface area contributed by atoms with Gasteiger partial charge in [0.15, 0.2) is 0 Å². The molecule has 110 valence electrons. The van der Waals surface area contributed by atoms with E-state index in [0.29, 0.717) is 11.3 Å². The molecule has 8 heteroatoms. The normalized spacial score (nSPS) is 10.3. The molecule has 1 aromatic carbocycles. The summed E-state index contributed by atoms with van der Waals surface area (Å²) in [4.78, 5) is 18.6. The number of nitrogens with zero attached hydrogens (tertiary/aromatic N) is 3. The molecule has 0 aliphatic heterocycles. The van der Waals surface area contributed by atoms with Crippen molar-refractivity contribution < 1.29 is 9.31 Å². The van der Waals surface area contributed by atoms with Gasteiger partial charge < -0.3 is 10.6 Å². The first-order chi connectivity index (χ1) is 9.93. The largest absolute Gasteiger partial charge is 0.357 e. The molecular weight excluding hydrogens is 277 g/mol. The van der Waals surface area contributed by atoms with Gasteiger partial charge in [0.1, 0.15) is 11.5 Å². The fourth-order valence-corrected chi connectivity index (χ4v) is 1.85. The number of rotatable bonds is 4. The highest BCUT2D eigenvalue weighted by Gasteiger charge is 2.22. The Kier molecular flexibility index (Phi) is 3.97. The molecule has 0 fully saturated rings. The summed E-state index contributed by atoms with van der Waals surface area (Å²) in [7, 11) is 1.61. The lowest BCUT2D eigenvalue weighted by atomic mass is 10.2. The summed E-state index contributed by atoms with van der Waals surface area (Å²) in [6.07, 6.45) is 0. The molecule has 0 saturated carbocycles. The van der Waals surface area contributed by atoms with Gasteiger partial charge >= 0.3 is 5.69 Å². The van der Waals surface area contributed by atoms with Crippen LogP contribution in [0.25, 0.3) is 0 Å². The Hall–Kier alpha value is -2.77. The molecule has 0 unspecified atom stereocenters. The van der Waals surface area contributed by atoms with Crippen LogP contribution >= 0.6 is 0 Å². The predicted octanol–water partition coefficient (Wildman–Crippen LogP) is 2.93. The standard InChI is InChI=1S/C13H14FN5O2/c1-7-9(14)5-4-6-10(7)17-12-11(19(20)21)8(2)16-13(15-3)18-12/h4-6H,1-3H3,(H2,15,16,17,18). The number of benzene rings is 1. The average molecular weight is 291 g/mol. The Morgan fingerprint density at radius 1 is 1.29 bits per heavy atom. The van der Waals surface area contributed by atoms with Gasteiger partial charge in [-0.2, -0.15) is 4.98 Å². The van der Waals surface area contributed by atoms with Crippen LogP contribution in [0.4, 0.5) is 27.5 Å². The Morgan fingerprint density at radius 3 is 2.62 bits per heavy atom. The minimum atomic E-state index is -0.564. The number of aromatic nitrogens is 2. The number of aryl methyl sites for hydroxylation is 1. The summed E-state index contributed by atoms with van der Waals surface area (Å²) in [5.41, 5.74) is 0.751. The van der Waals surface area contributed by atoms with Crippen molar-refractivity contribution in [2.45, 2.75) is 13.8 Å². The van der Waals surface area contributed by atoms with Crippen LogP contribution in [0, 0.1) is 29.8 Å². The van der Waals surface area contributed by atoms with Crippen molar-refractivity contribution in [1.29, 1.82) is 0 Å². The van der Waals surface area contributed by atoms with Gasteiger partial charge in [-0.1, -0.05) is 6.07 Å². The van der Waals surface area contributed by atoms with E-state index in [1.807, 2.05) is 0 Å². The van der Waals surface area contributed by atoms with Crippen LogP contribution < -0.4 is 10.6 Å². The van der Waals surface area contributed by atoms with Crippen LogP contribution in [0.1, 0.15) is 11.3 Å². The number of hydrogen-bond donors (Lipinski definition) is 2. The molecule has 0 saturated heterocycles. The number of nitrogens with one attached hydrogen (secondary N) is 2. The van der Waals surface area contributed by atoms with Gasteiger partial charge in [-0.3, -0.25) is 10.1 Å². The zero-order valence-corrected chi connectivity index (χ0v) is 11.8. The van der Waals surface area contributed by atoms with Crippen LogP contribution in [-0.2, 0) is 0 Å². The Bertz CT molecular complexity index is 705. The minimum Gasteiger partial charge on any atom is -0.357 e. The number of anilines is 3. The van der Waals surface area contributed by atoms with E-state index in [4.69, 9.17) is 0 Å². The molecule has 0 bridgehead atoms. The van der Waals surface area contributed by atoms with Gasteiger partial charge in [0.25, 0.3) is 0 Å². The first-order valence-electron chi connectivity index (χ1n) is 6.17. The van der Waals surface area contributed by atoms with E-state index in [1.165, 1.54) is 19.1 Å². The molecule has 1 heterocycles. The summed E-state index contributed by atoms with van der Waals surface area (Å²) < 4.78 is 13.5. The van der Waals surface area contributed by atoms with Crippen LogP contribution in [0.15, 0.2) is 18.2 Å². The molecule has 2 N–H and O–H groups in total. The van der Waals surface area contributed by atoms with E-state index in [0.717, 1.165) is 0 Å². The quantitative estimate of drug-likeness (QED) is 0.664. The number of halogens is 1. The molecule has 0 atom stereocenters. The molecular formula is C13H14FN5O2. The van der Waals surface area contributed by atoms with Gasteiger partial charge in [-0.15, -0.1) is 0 Å². The third kappa shape index (κ3) is 2.88. The van der Waals surface area contributed by atoms with Gasteiger partial charge in [0, 0.05) is 18.3 Å². The van der Waals surface area contributed by atoms with E-state index in [9.17, 15) is 14.5 Å². The van der Waals surface area contributed by atoms with E-state index < -0.39 is 10.7 Å². The molecule has 0 aliphatic carbocycles. The highest BCUT2D eigenvalue weighted by molar-refractivity contribution is 5.70. The maximum atomic E-state index is 13.5. The van der Waals surface area contributed by atoms with E-state index in [1.54, 1.807) is 20.0 Å². The maximum Gasteiger partial charge on any atom is 0.332 e. The topological polar surface area (TPSA) is 93.0 Å². The third-order valence-electron chi connectivity index (χ3n) is 2.99. The van der Waals surface area contributed by atoms with Gasteiger partial charge in [0.05, 0.1) is 4.92 Å². The van der Waals surface area contributed by atoms with Crippen molar-refractivity contribution in [1.82, 2.24) is 9.97 Å². The zero-order valence-electron chi connectivity index (χ0n) is 11.8. The van der Waals surface area contributed by atoms with Crippen LogP contribution in [-0.4, -0.2) is 21.9 Å². The molecule has 2 rings (SSSR count). The fraction of sp³-hybridized carbons (Fsp3) is 0.231. The van der Waals surface area contributed by atoms with Crippen molar-refractivity contribution in [2.75, 3.05) is 17.7 Å². The van der Waals surface area contributed by atoms with E-state index in [2.05, 4.69) is 20.6 Å². The highest BCUT2D eigenvalue weighted by Crippen LogP contribution is 2.30. The van der Waals surface area contributed by atoms with Crippen LogP contribution in [0.5, 0.6) is 0 Å². The Balaban J connectivity index is 2.54. The molecule has 21 heavy (non-hydrogen) atoms. The van der Waals surface area contributed by atoms with E-state index >= 15 is 0 Å². The highest BCUT2D eigenvalue weighted by atomic mass is 19.1. The van der Waals surface area contributed by atoms with Gasteiger partial charge in [0.2, 0.25) is 11.8 Å². The first kappa shape index (κ1) is 14.6. The van der Waals surface area contributed by atoms with Crippen molar-refractivity contribution in [2.24, 2.45) is 0 Å². The predicted molar refractivity (Wildman–Crippen MR) is 77.4 cm³/mol. The lowest BCUT2D eigenvalue weighted by Crippen LogP contribution is -2.08. The lowest BCUT2D eigenvalue weighted by Gasteiger charge is -2.11. The van der Waals surface area contributed by atoms with Crippen molar-refractivity contribution in [3.05, 3.63) is 45.4 Å². The third-order valence-corrected chi connectivity index (χ3v) is 2.99. The SMILES string of the molecule is CNc1nc(C)c([N+](=O)[O-])c(Nc2cccc(F)c2C)n1. The van der Waals surface area contributed by atoms with Gasteiger partial charge in [-0.05, 0) is 26.0 Å². The Morgan fingerprint density at radius 2 is 2.00 bits per heavy atom. The number of hydrogen-bond acceptors (Lipinski definition) is 6. The summed E-state index contributed by atoms with van der Waals surface area (Å²) in [5, 5.41) is 16.7. The second-order valence-corrected chi connectivity index (χ2v) is 4.37. The summed E-state index contributed by atoms with van der Waals surface area (Å²) in [5.74, 6) is -0.137. The first-order valence-corrected chi connectivity index (χ1v) is 6.17. The lowest BCUT2D eigenvalue weighted by molar-refractivity contribution is -0.385. The van der Waals surface area contributed by atoms with E-state index in [-0.39, 0.29) is 23.1 Å². The summed E-state index contributed by atoms with van der Waals surface area (Å²) in [6.45, 7) is 3.10. The second-order valence-electron chi connectivity index (χ2n) is 4.37. The summed E-state index contributed by atoms with van der Waals surface area (Å²) in [6, 6.07) is 4.46. The van der Waals surface area contributed by atoms with Crippen LogP contribution in [0.3, 0.4) is 0 Å².